The highest BCUT2D eigenvalue weighted by Crippen LogP contribution is 2.20. The third-order valence-electron chi connectivity index (χ3n) is 4.39. The molecule has 1 amide bonds. The summed E-state index contributed by atoms with van der Waals surface area (Å²) in [5.74, 6) is -0.129. The van der Waals surface area contributed by atoms with Crippen LogP contribution in [0.4, 0.5) is 11.5 Å². The molecule has 0 saturated carbocycles. The zero-order valence-electron chi connectivity index (χ0n) is 16.4. The second-order valence-electron chi connectivity index (χ2n) is 6.40. The number of H-pyrrole nitrogens is 1. The Labute approximate surface area is 172 Å². The summed E-state index contributed by atoms with van der Waals surface area (Å²) in [7, 11) is 1.48. The van der Waals surface area contributed by atoms with Crippen LogP contribution in [-0.2, 0) is 22.6 Å². The Hall–Kier alpha value is -3.85. The molecule has 0 spiro atoms. The molecule has 0 unspecified atom stereocenters. The van der Waals surface area contributed by atoms with E-state index in [-0.39, 0.29) is 31.2 Å². The Kier molecular flexibility index (Phi) is 6.66. The molecule has 0 radical (unpaired) electrons. The Morgan fingerprint density at radius 1 is 1.23 bits per heavy atom. The van der Waals surface area contributed by atoms with Crippen LogP contribution in [0.1, 0.15) is 11.3 Å². The minimum absolute atomic E-state index is 0.0813. The van der Waals surface area contributed by atoms with Gasteiger partial charge < -0.3 is 14.9 Å². The number of rotatable bonds is 8. The number of methoxy groups -OCH3 is 1. The van der Waals surface area contributed by atoms with Crippen LogP contribution in [0.25, 0.3) is 6.08 Å². The van der Waals surface area contributed by atoms with E-state index in [0.29, 0.717) is 5.76 Å². The van der Waals surface area contributed by atoms with Gasteiger partial charge in [-0.1, -0.05) is 30.3 Å². The topological polar surface area (TPSA) is 124 Å². The minimum Gasteiger partial charge on any atom is -0.465 e. The normalized spacial score (nSPS) is 11.1. The zero-order chi connectivity index (χ0) is 21.5. The van der Waals surface area contributed by atoms with Gasteiger partial charge in [0.05, 0.1) is 26.0 Å². The smallest absolute Gasteiger partial charge is 0.330 e. The van der Waals surface area contributed by atoms with Crippen LogP contribution in [0.15, 0.2) is 68.8 Å². The molecule has 2 aromatic heterocycles. The number of amides is 1. The van der Waals surface area contributed by atoms with Crippen LogP contribution in [0.3, 0.4) is 0 Å². The largest absolute Gasteiger partial charge is 0.465 e. The van der Waals surface area contributed by atoms with Crippen molar-refractivity contribution < 1.29 is 13.9 Å². The van der Waals surface area contributed by atoms with Crippen LogP contribution in [-0.4, -0.2) is 29.2 Å². The molecule has 156 valence electrons. The molecule has 0 bridgehead atoms. The lowest BCUT2D eigenvalue weighted by atomic mass is 10.2. The van der Waals surface area contributed by atoms with Gasteiger partial charge in [0, 0.05) is 13.2 Å². The number of carbonyl (C=O) groups is 1. The standard InChI is InChI=1S/C21H22N4O5/c1-29-13-11-24-19(22)18(20(27)23-21(24)28)25(14-15-6-3-2-4-7-15)17(26)10-9-16-8-5-12-30-16/h2-10,12H,11,13-14,22H2,1H3,(H,23,27,28). The fourth-order valence-corrected chi connectivity index (χ4v) is 2.91. The zero-order valence-corrected chi connectivity index (χ0v) is 16.4. The van der Waals surface area contributed by atoms with Gasteiger partial charge in [0.2, 0.25) is 0 Å². The fraction of sp³-hybridized carbons (Fsp3) is 0.190. The van der Waals surface area contributed by atoms with Gasteiger partial charge in [-0.25, -0.2) is 4.79 Å². The molecule has 3 rings (SSSR count). The van der Waals surface area contributed by atoms with Gasteiger partial charge in [-0.2, -0.15) is 0 Å². The molecular weight excluding hydrogens is 388 g/mol. The van der Waals surface area contributed by atoms with E-state index in [1.54, 1.807) is 12.1 Å². The average molecular weight is 410 g/mol. The van der Waals surface area contributed by atoms with Gasteiger partial charge >= 0.3 is 5.69 Å². The van der Waals surface area contributed by atoms with E-state index in [1.807, 2.05) is 30.3 Å². The number of nitrogen functional groups attached to an aromatic ring is 1. The summed E-state index contributed by atoms with van der Waals surface area (Å²) in [5.41, 5.74) is 5.42. The maximum atomic E-state index is 13.0. The highest BCUT2D eigenvalue weighted by Gasteiger charge is 2.23. The van der Waals surface area contributed by atoms with E-state index < -0.39 is 17.2 Å². The number of nitrogens with one attached hydrogen (secondary N) is 1. The van der Waals surface area contributed by atoms with Crippen molar-refractivity contribution in [1.82, 2.24) is 9.55 Å². The molecule has 0 aliphatic rings. The first-order valence-electron chi connectivity index (χ1n) is 9.19. The van der Waals surface area contributed by atoms with E-state index in [1.165, 1.54) is 35.0 Å². The maximum absolute atomic E-state index is 13.0. The van der Waals surface area contributed by atoms with Crippen LogP contribution in [0.2, 0.25) is 0 Å². The minimum atomic E-state index is -0.748. The molecule has 0 aliphatic heterocycles. The van der Waals surface area contributed by atoms with Crippen LogP contribution >= 0.6 is 0 Å². The molecule has 0 saturated heterocycles. The molecular formula is C21H22N4O5. The molecule has 3 aromatic rings. The lowest BCUT2D eigenvalue weighted by Crippen LogP contribution is -2.40. The number of aromatic nitrogens is 2. The summed E-state index contributed by atoms with van der Waals surface area (Å²) >= 11 is 0. The summed E-state index contributed by atoms with van der Waals surface area (Å²) in [6.07, 6.45) is 4.26. The summed E-state index contributed by atoms with van der Waals surface area (Å²) in [6, 6.07) is 12.5. The Morgan fingerprint density at radius 2 is 2.00 bits per heavy atom. The number of benzene rings is 1. The van der Waals surface area contributed by atoms with Crippen molar-refractivity contribution in [3.8, 4) is 0 Å². The van der Waals surface area contributed by atoms with Gasteiger partial charge in [-0.3, -0.25) is 24.0 Å². The van der Waals surface area contributed by atoms with E-state index in [9.17, 15) is 14.4 Å². The summed E-state index contributed by atoms with van der Waals surface area (Å²) in [6.45, 7) is 0.416. The van der Waals surface area contributed by atoms with E-state index in [0.717, 1.165) is 5.56 Å². The highest BCUT2D eigenvalue weighted by atomic mass is 16.5. The molecule has 0 fully saturated rings. The van der Waals surface area contributed by atoms with E-state index in [4.69, 9.17) is 14.9 Å². The van der Waals surface area contributed by atoms with E-state index in [2.05, 4.69) is 4.98 Å². The van der Waals surface area contributed by atoms with E-state index >= 15 is 0 Å². The number of anilines is 2. The van der Waals surface area contributed by atoms with Crippen molar-refractivity contribution in [1.29, 1.82) is 0 Å². The number of nitrogens with zero attached hydrogens (tertiary/aromatic N) is 2. The number of aromatic amines is 1. The molecule has 1 aromatic carbocycles. The molecule has 3 N–H and O–H groups in total. The predicted octanol–water partition coefficient (Wildman–Crippen LogP) is 1.60. The molecule has 9 nitrogen and oxygen atoms in total. The summed E-state index contributed by atoms with van der Waals surface area (Å²) in [5, 5.41) is 0. The molecule has 0 aliphatic carbocycles. The van der Waals surface area contributed by atoms with Gasteiger partial charge in [0.1, 0.15) is 11.6 Å². The summed E-state index contributed by atoms with van der Waals surface area (Å²) < 4.78 is 11.4. The third-order valence-corrected chi connectivity index (χ3v) is 4.39. The van der Waals surface area contributed by atoms with Crippen molar-refractivity contribution in [2.24, 2.45) is 0 Å². The number of ether oxygens (including phenoxy) is 1. The molecule has 0 atom stereocenters. The SMILES string of the molecule is COCCn1c(N)c(N(Cc2ccccc2)C(=O)C=Cc2ccco2)c(=O)[nH]c1=O. The van der Waals surface area contributed by atoms with Gasteiger partial charge in [0.25, 0.3) is 11.5 Å². The third kappa shape index (κ3) is 4.76. The van der Waals surface area contributed by atoms with Crippen LogP contribution in [0, 0.1) is 0 Å². The van der Waals surface area contributed by atoms with Crippen molar-refractivity contribution in [2.75, 3.05) is 24.4 Å². The molecule has 2 heterocycles. The number of nitrogens with two attached hydrogens (primary N) is 1. The number of carbonyl (C=O) groups excluding carboxylic acids is 1. The van der Waals surface area contributed by atoms with Gasteiger partial charge in [0.15, 0.2) is 5.69 Å². The number of furan rings is 1. The van der Waals surface area contributed by atoms with Gasteiger partial charge in [-0.15, -0.1) is 0 Å². The van der Waals surface area contributed by atoms with Crippen molar-refractivity contribution in [2.45, 2.75) is 13.1 Å². The first kappa shape index (κ1) is 20.9. The summed E-state index contributed by atoms with van der Waals surface area (Å²) in [4.78, 5) is 41.3. The average Bonchev–Trinajstić information content (AvgIpc) is 3.25. The Morgan fingerprint density at radius 3 is 2.67 bits per heavy atom. The monoisotopic (exact) mass is 410 g/mol. The number of hydrogen-bond donors (Lipinski definition) is 2. The lowest BCUT2D eigenvalue weighted by molar-refractivity contribution is -0.114. The Balaban J connectivity index is 2.06. The van der Waals surface area contributed by atoms with Crippen LogP contribution < -0.4 is 21.9 Å². The van der Waals surface area contributed by atoms with Crippen molar-refractivity contribution >= 4 is 23.5 Å². The maximum Gasteiger partial charge on any atom is 0.330 e. The fourth-order valence-electron chi connectivity index (χ4n) is 2.91. The number of hydrogen-bond acceptors (Lipinski definition) is 6. The second-order valence-corrected chi connectivity index (χ2v) is 6.40. The van der Waals surface area contributed by atoms with Crippen molar-refractivity contribution in [3.05, 3.63) is 87.0 Å². The highest BCUT2D eigenvalue weighted by molar-refractivity contribution is 6.04. The lowest BCUT2D eigenvalue weighted by Gasteiger charge is -2.23. The second kappa shape index (κ2) is 9.57. The van der Waals surface area contributed by atoms with Crippen molar-refractivity contribution in [3.63, 3.8) is 0 Å². The van der Waals surface area contributed by atoms with Crippen LogP contribution in [0.5, 0.6) is 0 Å². The van der Waals surface area contributed by atoms with Gasteiger partial charge in [-0.05, 0) is 23.8 Å². The predicted molar refractivity (Wildman–Crippen MR) is 113 cm³/mol. The Bertz CT molecular complexity index is 1130. The first-order valence-corrected chi connectivity index (χ1v) is 9.19. The first-order chi connectivity index (χ1) is 14.5. The quantitative estimate of drug-likeness (QED) is 0.544. The molecule has 30 heavy (non-hydrogen) atoms. The molecule has 9 heteroatoms.